The Bertz CT molecular complexity index is 1030. The van der Waals surface area contributed by atoms with Crippen LogP contribution in [0.5, 0.6) is 0 Å². The number of carbonyl (C=O) groups is 2. The van der Waals surface area contributed by atoms with Crippen LogP contribution in [0.4, 0.5) is 11.4 Å². The Morgan fingerprint density at radius 1 is 1.03 bits per heavy atom. The maximum atomic E-state index is 12.6. The smallest absolute Gasteiger partial charge is 0.262 e. The molecule has 0 fully saturated rings. The number of rotatable bonds is 4. The van der Waals surface area contributed by atoms with Gasteiger partial charge in [-0.1, -0.05) is 23.4 Å². The predicted octanol–water partition coefficient (Wildman–Crippen LogP) is 3.69. The maximum absolute atomic E-state index is 12.6. The van der Waals surface area contributed by atoms with E-state index in [1.807, 2.05) is 30.3 Å². The summed E-state index contributed by atoms with van der Waals surface area (Å²) in [5, 5.41) is 9.41. The highest BCUT2D eigenvalue weighted by Crippen LogP contribution is 2.17. The van der Waals surface area contributed by atoms with Crippen molar-refractivity contribution in [1.29, 1.82) is 0 Å². The van der Waals surface area contributed by atoms with Gasteiger partial charge in [0.15, 0.2) is 5.11 Å². The van der Waals surface area contributed by atoms with Crippen LogP contribution in [0.2, 0.25) is 0 Å². The number of aryl methyl sites for hydroxylation is 2. The zero-order valence-electron chi connectivity index (χ0n) is 16.2. The zero-order valence-corrected chi connectivity index (χ0v) is 17.0. The second-order valence-electron chi connectivity index (χ2n) is 6.38. The molecule has 148 valence electrons. The van der Waals surface area contributed by atoms with Gasteiger partial charge in [-0.05, 0) is 62.5 Å². The fourth-order valence-electron chi connectivity index (χ4n) is 2.79. The highest BCUT2D eigenvalue weighted by Gasteiger charge is 2.18. The Kier molecular flexibility index (Phi) is 6.04. The molecule has 1 heterocycles. The van der Waals surface area contributed by atoms with Gasteiger partial charge in [0, 0.05) is 24.0 Å². The first-order valence-electron chi connectivity index (χ1n) is 8.85. The molecule has 0 bridgehead atoms. The van der Waals surface area contributed by atoms with E-state index in [0.717, 1.165) is 5.69 Å². The Labute approximate surface area is 173 Å². The monoisotopic (exact) mass is 408 g/mol. The van der Waals surface area contributed by atoms with Crippen molar-refractivity contribution < 1.29 is 14.1 Å². The van der Waals surface area contributed by atoms with Crippen molar-refractivity contribution in [3.63, 3.8) is 0 Å². The lowest BCUT2D eigenvalue weighted by atomic mass is 10.1. The molecule has 1 aromatic heterocycles. The van der Waals surface area contributed by atoms with Crippen LogP contribution in [0.3, 0.4) is 0 Å². The van der Waals surface area contributed by atoms with Crippen molar-refractivity contribution >= 4 is 40.5 Å². The fourth-order valence-corrected chi connectivity index (χ4v) is 3.00. The number of hydrogen-bond acceptors (Lipinski definition) is 5. The maximum Gasteiger partial charge on any atom is 0.262 e. The van der Waals surface area contributed by atoms with Gasteiger partial charge in [0.1, 0.15) is 11.3 Å². The van der Waals surface area contributed by atoms with Crippen molar-refractivity contribution in [2.75, 3.05) is 17.3 Å². The molecule has 3 rings (SSSR count). The third kappa shape index (κ3) is 4.67. The summed E-state index contributed by atoms with van der Waals surface area (Å²) in [6.07, 6.45) is 0. The van der Waals surface area contributed by atoms with Crippen LogP contribution in [0.25, 0.3) is 0 Å². The average molecular weight is 408 g/mol. The minimum atomic E-state index is -0.393. The molecule has 0 aliphatic heterocycles. The summed E-state index contributed by atoms with van der Waals surface area (Å²) in [5.74, 6) is -0.0970. The second kappa shape index (κ2) is 8.66. The molecule has 0 saturated carbocycles. The summed E-state index contributed by atoms with van der Waals surface area (Å²) in [5.41, 5.74) is 2.84. The summed E-state index contributed by atoms with van der Waals surface area (Å²) < 4.78 is 4.99. The summed E-state index contributed by atoms with van der Waals surface area (Å²) in [6.45, 7) is 3.34. The molecule has 2 amide bonds. The first-order valence-corrected chi connectivity index (χ1v) is 9.26. The van der Waals surface area contributed by atoms with Crippen molar-refractivity contribution in [3.8, 4) is 0 Å². The van der Waals surface area contributed by atoms with Crippen molar-refractivity contribution in [3.05, 3.63) is 77.2 Å². The van der Waals surface area contributed by atoms with E-state index in [-0.39, 0.29) is 11.0 Å². The van der Waals surface area contributed by atoms with Crippen LogP contribution < -0.4 is 15.5 Å². The molecule has 2 N–H and O–H groups in total. The molecule has 7 nitrogen and oxygen atoms in total. The summed E-state index contributed by atoms with van der Waals surface area (Å²) in [4.78, 5) is 26.5. The standard InChI is InChI=1S/C21H20N4O3S/c1-13-18(14(2)28-24-13)19(26)23-21(29)22-16-11-9-15(10-12-16)20(27)25(3)17-7-5-4-6-8-17/h4-12H,1-3H3,(H2,22,23,26,29). The Morgan fingerprint density at radius 2 is 1.69 bits per heavy atom. The van der Waals surface area contributed by atoms with Crippen LogP contribution in [0.15, 0.2) is 59.1 Å². The van der Waals surface area contributed by atoms with Crippen LogP contribution >= 0.6 is 12.2 Å². The van der Waals surface area contributed by atoms with Crippen molar-refractivity contribution in [1.82, 2.24) is 10.5 Å². The normalized spacial score (nSPS) is 10.3. The van der Waals surface area contributed by atoms with E-state index in [1.54, 1.807) is 50.1 Å². The number of benzene rings is 2. The van der Waals surface area contributed by atoms with Crippen molar-refractivity contribution in [2.24, 2.45) is 0 Å². The molecule has 0 unspecified atom stereocenters. The largest absolute Gasteiger partial charge is 0.361 e. The van der Waals surface area contributed by atoms with Gasteiger partial charge in [-0.2, -0.15) is 0 Å². The first kappa shape index (κ1) is 20.2. The van der Waals surface area contributed by atoms with E-state index in [2.05, 4.69) is 15.8 Å². The molecule has 0 atom stereocenters. The number of nitrogens with one attached hydrogen (secondary N) is 2. The van der Waals surface area contributed by atoms with Gasteiger partial charge in [0.25, 0.3) is 11.8 Å². The summed E-state index contributed by atoms with van der Waals surface area (Å²) in [7, 11) is 1.73. The number of anilines is 2. The molecule has 0 radical (unpaired) electrons. The molecule has 3 aromatic rings. The van der Waals surface area contributed by atoms with Gasteiger partial charge in [-0.25, -0.2) is 0 Å². The van der Waals surface area contributed by atoms with Gasteiger partial charge < -0.3 is 14.7 Å². The van der Waals surface area contributed by atoms with E-state index < -0.39 is 5.91 Å². The van der Waals surface area contributed by atoms with E-state index in [9.17, 15) is 9.59 Å². The highest BCUT2D eigenvalue weighted by molar-refractivity contribution is 7.80. The lowest BCUT2D eigenvalue weighted by Gasteiger charge is -2.17. The average Bonchev–Trinajstić information content (AvgIpc) is 3.06. The van der Waals surface area contributed by atoms with Gasteiger partial charge in [0.2, 0.25) is 0 Å². The number of amides is 2. The van der Waals surface area contributed by atoms with E-state index in [4.69, 9.17) is 16.7 Å². The molecule has 0 saturated heterocycles. The summed E-state index contributed by atoms with van der Waals surface area (Å²) >= 11 is 5.19. The number of para-hydroxylation sites is 1. The van der Waals surface area contributed by atoms with E-state index in [0.29, 0.717) is 28.3 Å². The molecule has 0 aliphatic carbocycles. The number of hydrogen-bond donors (Lipinski definition) is 2. The van der Waals surface area contributed by atoms with Gasteiger partial charge in [-0.15, -0.1) is 0 Å². The molecule has 8 heteroatoms. The molecule has 0 spiro atoms. The number of aromatic nitrogens is 1. The fraction of sp³-hybridized carbons (Fsp3) is 0.143. The lowest BCUT2D eigenvalue weighted by Crippen LogP contribution is -2.34. The zero-order chi connectivity index (χ0) is 21.0. The second-order valence-corrected chi connectivity index (χ2v) is 6.79. The Balaban J connectivity index is 1.62. The lowest BCUT2D eigenvalue weighted by molar-refractivity contribution is 0.0972. The number of carbonyl (C=O) groups excluding carboxylic acids is 2. The quantitative estimate of drug-likeness (QED) is 0.640. The first-order chi connectivity index (χ1) is 13.9. The van der Waals surface area contributed by atoms with Gasteiger partial charge in [0.05, 0.1) is 5.69 Å². The Morgan fingerprint density at radius 3 is 2.28 bits per heavy atom. The van der Waals surface area contributed by atoms with Gasteiger partial charge >= 0.3 is 0 Å². The molecule has 29 heavy (non-hydrogen) atoms. The van der Waals surface area contributed by atoms with E-state index in [1.165, 1.54) is 0 Å². The predicted molar refractivity (Wildman–Crippen MR) is 115 cm³/mol. The molecule has 0 aliphatic rings. The molecule has 2 aromatic carbocycles. The minimum Gasteiger partial charge on any atom is -0.361 e. The number of nitrogens with zero attached hydrogens (tertiary/aromatic N) is 2. The molecular formula is C21H20N4O3S. The third-order valence-electron chi connectivity index (χ3n) is 4.33. The van der Waals surface area contributed by atoms with Crippen LogP contribution in [0, 0.1) is 13.8 Å². The molecular weight excluding hydrogens is 388 g/mol. The van der Waals surface area contributed by atoms with Crippen LogP contribution in [-0.4, -0.2) is 29.1 Å². The third-order valence-corrected chi connectivity index (χ3v) is 4.53. The van der Waals surface area contributed by atoms with Crippen LogP contribution in [0.1, 0.15) is 32.2 Å². The minimum absolute atomic E-state index is 0.128. The Hall–Kier alpha value is -3.52. The topological polar surface area (TPSA) is 87.5 Å². The van der Waals surface area contributed by atoms with Gasteiger partial charge in [-0.3, -0.25) is 14.9 Å². The number of thiocarbonyl (C=S) groups is 1. The highest BCUT2D eigenvalue weighted by atomic mass is 32.1. The van der Waals surface area contributed by atoms with Crippen molar-refractivity contribution in [2.45, 2.75) is 13.8 Å². The SMILES string of the molecule is Cc1noc(C)c1C(=O)NC(=S)Nc1ccc(C(=O)N(C)c2ccccc2)cc1. The van der Waals surface area contributed by atoms with E-state index >= 15 is 0 Å². The van der Waals surface area contributed by atoms with Crippen LogP contribution in [-0.2, 0) is 0 Å². The summed E-state index contributed by atoms with van der Waals surface area (Å²) in [6, 6.07) is 16.2.